The summed E-state index contributed by atoms with van der Waals surface area (Å²) in [7, 11) is -2.54. The summed E-state index contributed by atoms with van der Waals surface area (Å²) in [6.07, 6.45) is 0.512. The Hall–Kier alpha value is -2.13. The number of anilines is 1. The molecule has 0 radical (unpaired) electrons. The van der Waals surface area contributed by atoms with Crippen LogP contribution in [0.3, 0.4) is 0 Å². The molecule has 0 spiro atoms. The largest absolute Gasteiger partial charge is 0.465 e. The molecule has 3 N–H and O–H groups in total. The lowest BCUT2D eigenvalue weighted by Gasteiger charge is -2.37. The van der Waals surface area contributed by atoms with Gasteiger partial charge in [0.05, 0.1) is 40.4 Å². The average molecular weight is 423 g/mol. The van der Waals surface area contributed by atoms with Crippen LogP contribution in [0, 0.1) is 5.92 Å². The van der Waals surface area contributed by atoms with E-state index in [4.69, 9.17) is 26.2 Å². The average Bonchev–Trinajstić information content (AvgIpc) is 3.16. The SMILES string of the molecule is COC(=O)c1ccc(C2Nc3c(Cl)cc(S(N)(=O)=O)cc3C3OCCC23)cc1. The molecule has 3 unspecified atom stereocenters. The minimum Gasteiger partial charge on any atom is -0.465 e. The summed E-state index contributed by atoms with van der Waals surface area (Å²) in [6.45, 7) is 0.560. The van der Waals surface area contributed by atoms with Crippen molar-refractivity contribution in [1.82, 2.24) is 0 Å². The Morgan fingerprint density at radius 2 is 2.00 bits per heavy atom. The predicted molar refractivity (Wildman–Crippen MR) is 104 cm³/mol. The number of sulfonamides is 1. The summed E-state index contributed by atoms with van der Waals surface area (Å²) in [4.78, 5) is 11.6. The molecule has 2 aromatic rings. The van der Waals surface area contributed by atoms with E-state index in [1.165, 1.54) is 19.2 Å². The molecular formula is C19H19ClN2O5S. The number of nitrogens with two attached hydrogens (primary N) is 1. The number of rotatable bonds is 3. The van der Waals surface area contributed by atoms with Gasteiger partial charge in [0.15, 0.2) is 0 Å². The van der Waals surface area contributed by atoms with Crippen molar-refractivity contribution in [1.29, 1.82) is 0 Å². The first-order valence-corrected chi connectivity index (χ1v) is 10.6. The van der Waals surface area contributed by atoms with Gasteiger partial charge in [0, 0.05) is 18.1 Å². The zero-order valence-electron chi connectivity index (χ0n) is 15.0. The Morgan fingerprint density at radius 3 is 2.64 bits per heavy atom. The number of fused-ring (bicyclic) bond motifs is 3. The third kappa shape index (κ3) is 3.26. The third-order valence-corrected chi connectivity index (χ3v) is 6.48. The van der Waals surface area contributed by atoms with Gasteiger partial charge in [-0.15, -0.1) is 0 Å². The Bertz CT molecular complexity index is 1040. The number of methoxy groups -OCH3 is 1. The molecule has 2 aliphatic heterocycles. The van der Waals surface area contributed by atoms with Gasteiger partial charge in [0.1, 0.15) is 0 Å². The van der Waals surface area contributed by atoms with Crippen molar-refractivity contribution in [3.05, 3.63) is 58.1 Å². The van der Waals surface area contributed by atoms with Gasteiger partial charge in [-0.25, -0.2) is 18.4 Å². The van der Waals surface area contributed by atoms with E-state index in [1.807, 2.05) is 12.1 Å². The molecule has 2 heterocycles. The van der Waals surface area contributed by atoms with Crippen molar-refractivity contribution in [2.45, 2.75) is 23.5 Å². The second-order valence-electron chi connectivity index (χ2n) is 6.89. The Kier molecular flexibility index (Phi) is 4.83. The van der Waals surface area contributed by atoms with Crippen molar-refractivity contribution in [3.63, 3.8) is 0 Å². The first-order valence-electron chi connectivity index (χ1n) is 8.72. The molecule has 2 aliphatic rings. The van der Waals surface area contributed by atoms with Crippen LogP contribution < -0.4 is 10.5 Å². The topological polar surface area (TPSA) is 108 Å². The molecule has 4 rings (SSSR count). The van der Waals surface area contributed by atoms with Crippen LogP contribution in [0.25, 0.3) is 0 Å². The highest BCUT2D eigenvalue weighted by Gasteiger charge is 2.42. The van der Waals surface area contributed by atoms with E-state index in [-0.39, 0.29) is 28.0 Å². The molecule has 0 saturated carbocycles. The van der Waals surface area contributed by atoms with Gasteiger partial charge < -0.3 is 14.8 Å². The van der Waals surface area contributed by atoms with Crippen LogP contribution in [-0.2, 0) is 19.5 Å². The predicted octanol–water partition coefficient (Wildman–Crippen LogP) is 3.02. The molecule has 1 saturated heterocycles. The Balaban J connectivity index is 1.75. The lowest BCUT2D eigenvalue weighted by molar-refractivity contribution is 0.0600. The molecule has 0 aliphatic carbocycles. The fraction of sp³-hybridized carbons (Fsp3) is 0.316. The molecule has 0 amide bonds. The molecule has 1 fully saturated rings. The zero-order chi connectivity index (χ0) is 20.1. The van der Waals surface area contributed by atoms with Crippen LogP contribution in [0.4, 0.5) is 5.69 Å². The summed E-state index contributed by atoms with van der Waals surface area (Å²) in [6, 6.07) is 9.96. The standard InChI is InChI=1S/C19H19ClN2O5S/c1-26-19(23)11-4-2-10(3-5-11)16-13-6-7-27-18(13)14-8-12(28(21,24)25)9-15(20)17(14)22-16/h2-5,8-9,13,16,18,22H,6-7H2,1H3,(H2,21,24,25). The van der Waals surface area contributed by atoms with Crippen LogP contribution >= 0.6 is 11.6 Å². The van der Waals surface area contributed by atoms with E-state index in [1.54, 1.807) is 12.1 Å². The van der Waals surface area contributed by atoms with E-state index in [2.05, 4.69) is 5.32 Å². The summed E-state index contributed by atoms with van der Waals surface area (Å²) in [5.41, 5.74) is 2.78. The quantitative estimate of drug-likeness (QED) is 0.736. The van der Waals surface area contributed by atoms with Crippen LogP contribution in [0.5, 0.6) is 0 Å². The first-order chi connectivity index (χ1) is 13.3. The molecule has 7 nitrogen and oxygen atoms in total. The Labute approximate surface area is 167 Å². The van der Waals surface area contributed by atoms with Gasteiger partial charge in [-0.2, -0.15) is 0 Å². The van der Waals surface area contributed by atoms with Crippen LogP contribution in [0.15, 0.2) is 41.3 Å². The molecule has 0 bridgehead atoms. The number of carbonyl (C=O) groups excluding carboxylic acids is 1. The van der Waals surface area contributed by atoms with Crippen molar-refractivity contribution >= 4 is 33.3 Å². The molecule has 28 heavy (non-hydrogen) atoms. The highest BCUT2D eigenvalue weighted by atomic mass is 35.5. The monoisotopic (exact) mass is 422 g/mol. The number of halogens is 1. The van der Waals surface area contributed by atoms with Gasteiger partial charge in [-0.05, 0) is 36.2 Å². The second-order valence-corrected chi connectivity index (χ2v) is 8.86. The highest BCUT2D eigenvalue weighted by Crippen LogP contribution is 2.52. The van der Waals surface area contributed by atoms with Crippen LogP contribution in [0.2, 0.25) is 5.02 Å². The summed E-state index contributed by atoms with van der Waals surface area (Å²) in [5, 5.41) is 8.98. The van der Waals surface area contributed by atoms with Crippen LogP contribution in [0.1, 0.15) is 40.1 Å². The first kappa shape index (κ1) is 19.2. The van der Waals surface area contributed by atoms with E-state index < -0.39 is 16.0 Å². The smallest absolute Gasteiger partial charge is 0.337 e. The van der Waals surface area contributed by atoms with Gasteiger partial charge in [0.25, 0.3) is 0 Å². The zero-order valence-corrected chi connectivity index (χ0v) is 16.6. The Morgan fingerprint density at radius 1 is 1.29 bits per heavy atom. The second kappa shape index (κ2) is 7.04. The third-order valence-electron chi connectivity index (χ3n) is 5.29. The molecule has 3 atom stereocenters. The van der Waals surface area contributed by atoms with Crippen molar-refractivity contribution in [3.8, 4) is 0 Å². The van der Waals surface area contributed by atoms with Gasteiger partial charge in [0.2, 0.25) is 10.0 Å². The van der Waals surface area contributed by atoms with Crippen molar-refractivity contribution < 1.29 is 22.7 Å². The summed E-state index contributed by atoms with van der Waals surface area (Å²) >= 11 is 6.38. The fourth-order valence-electron chi connectivity index (χ4n) is 3.95. The summed E-state index contributed by atoms with van der Waals surface area (Å²) < 4.78 is 34.2. The molecule has 9 heteroatoms. The number of ether oxygens (including phenoxy) is 2. The van der Waals surface area contributed by atoms with Gasteiger partial charge >= 0.3 is 5.97 Å². The fourth-order valence-corrected chi connectivity index (χ4v) is 4.87. The molecular weight excluding hydrogens is 404 g/mol. The maximum atomic E-state index is 11.8. The van der Waals surface area contributed by atoms with E-state index >= 15 is 0 Å². The number of nitrogens with one attached hydrogen (secondary N) is 1. The van der Waals surface area contributed by atoms with Crippen molar-refractivity contribution in [2.24, 2.45) is 11.1 Å². The number of primary sulfonamides is 1. The number of esters is 1. The number of carbonyl (C=O) groups is 1. The van der Waals surface area contributed by atoms with E-state index in [0.717, 1.165) is 12.0 Å². The van der Waals surface area contributed by atoms with E-state index in [9.17, 15) is 13.2 Å². The van der Waals surface area contributed by atoms with Crippen LogP contribution in [-0.4, -0.2) is 28.1 Å². The van der Waals surface area contributed by atoms with E-state index in [0.29, 0.717) is 23.4 Å². The minimum absolute atomic E-state index is 0.0341. The molecule has 0 aromatic heterocycles. The highest BCUT2D eigenvalue weighted by molar-refractivity contribution is 7.89. The number of benzene rings is 2. The lowest BCUT2D eigenvalue weighted by atomic mass is 9.81. The number of hydrogen-bond donors (Lipinski definition) is 2. The minimum atomic E-state index is -3.88. The maximum Gasteiger partial charge on any atom is 0.337 e. The van der Waals surface area contributed by atoms with Crippen molar-refractivity contribution in [2.75, 3.05) is 19.0 Å². The molecule has 2 aromatic carbocycles. The molecule has 148 valence electrons. The normalized spacial score (nSPS) is 23.5. The number of hydrogen-bond acceptors (Lipinski definition) is 6. The summed E-state index contributed by atoms with van der Waals surface area (Å²) in [5.74, 6) is -0.308. The lowest BCUT2D eigenvalue weighted by Crippen LogP contribution is -2.30. The maximum absolute atomic E-state index is 11.8. The van der Waals surface area contributed by atoms with Gasteiger partial charge in [-0.1, -0.05) is 23.7 Å². The van der Waals surface area contributed by atoms with Gasteiger partial charge in [-0.3, -0.25) is 0 Å².